The van der Waals surface area contributed by atoms with Crippen LogP contribution in [0.5, 0.6) is 5.75 Å². The largest absolute Gasteiger partial charge is 0.487 e. The number of hydrogen-bond donors (Lipinski definition) is 1. The fourth-order valence-corrected chi connectivity index (χ4v) is 2.90. The molecule has 0 saturated carbocycles. The van der Waals surface area contributed by atoms with Crippen LogP contribution in [-0.2, 0) is 6.54 Å². The molecule has 0 amide bonds. The van der Waals surface area contributed by atoms with Crippen LogP contribution in [0, 0.1) is 0 Å². The van der Waals surface area contributed by atoms with Crippen LogP contribution in [0.15, 0.2) is 48.5 Å². The number of likely N-dealkylation sites (tertiary alicyclic amines) is 1. The van der Waals surface area contributed by atoms with E-state index < -0.39 is 0 Å². The molecule has 3 nitrogen and oxygen atoms in total. The molecular weight excluding hydrogens is 284 g/mol. The van der Waals surface area contributed by atoms with E-state index in [0.717, 1.165) is 31.8 Å². The van der Waals surface area contributed by atoms with E-state index in [0.29, 0.717) is 10.7 Å². The molecule has 1 unspecified atom stereocenters. The molecule has 0 spiro atoms. The Labute approximate surface area is 130 Å². The van der Waals surface area contributed by atoms with E-state index in [1.807, 2.05) is 18.2 Å². The Balaban J connectivity index is 1.57. The number of halogens is 1. The van der Waals surface area contributed by atoms with E-state index in [1.54, 1.807) is 6.07 Å². The lowest BCUT2D eigenvalue weighted by Gasteiger charge is -2.17. The first-order valence-electron chi connectivity index (χ1n) is 7.18. The average Bonchev–Trinajstić information content (AvgIpc) is 2.90. The van der Waals surface area contributed by atoms with Gasteiger partial charge in [0, 0.05) is 25.3 Å². The summed E-state index contributed by atoms with van der Waals surface area (Å²) in [6.07, 6.45) is 1.21. The maximum absolute atomic E-state index is 6.16. The Morgan fingerprint density at radius 2 is 2.00 bits per heavy atom. The Bertz CT molecular complexity index is 603. The molecule has 110 valence electrons. The molecular formula is C17H19ClN2O. The number of nitrogen functional groups attached to an aromatic ring is 1. The second-order valence-electron chi connectivity index (χ2n) is 5.44. The number of nitrogens with zero attached hydrogens (tertiary/aromatic N) is 1. The molecule has 2 aromatic carbocycles. The quantitative estimate of drug-likeness (QED) is 0.877. The molecule has 0 aromatic heterocycles. The molecule has 4 heteroatoms. The molecule has 1 saturated heterocycles. The zero-order valence-electron chi connectivity index (χ0n) is 11.8. The van der Waals surface area contributed by atoms with E-state index in [1.165, 1.54) is 5.56 Å². The number of benzene rings is 2. The highest BCUT2D eigenvalue weighted by Crippen LogP contribution is 2.29. The first-order valence-corrected chi connectivity index (χ1v) is 7.56. The molecule has 0 bridgehead atoms. The normalized spacial score (nSPS) is 18.8. The van der Waals surface area contributed by atoms with Gasteiger partial charge < -0.3 is 10.5 Å². The van der Waals surface area contributed by atoms with Gasteiger partial charge in [0.1, 0.15) is 11.9 Å². The van der Waals surface area contributed by atoms with Gasteiger partial charge in [-0.2, -0.15) is 0 Å². The summed E-state index contributed by atoms with van der Waals surface area (Å²) < 4.78 is 6.00. The topological polar surface area (TPSA) is 38.5 Å². The fraction of sp³-hybridized carbons (Fsp3) is 0.294. The van der Waals surface area contributed by atoms with Gasteiger partial charge in [-0.25, -0.2) is 0 Å². The van der Waals surface area contributed by atoms with E-state index in [-0.39, 0.29) is 6.10 Å². The standard InChI is InChI=1S/C17H19ClN2O/c18-16-10-14(19)6-7-17(16)21-15-8-9-20(12-15)11-13-4-2-1-3-5-13/h1-7,10,15H,8-9,11-12,19H2. The van der Waals surface area contributed by atoms with Crippen molar-refractivity contribution in [3.05, 3.63) is 59.1 Å². The molecule has 1 fully saturated rings. The number of hydrogen-bond acceptors (Lipinski definition) is 3. The molecule has 0 aliphatic carbocycles. The smallest absolute Gasteiger partial charge is 0.138 e. The highest BCUT2D eigenvalue weighted by molar-refractivity contribution is 6.32. The van der Waals surface area contributed by atoms with E-state index >= 15 is 0 Å². The second kappa shape index (κ2) is 6.37. The van der Waals surface area contributed by atoms with Gasteiger partial charge >= 0.3 is 0 Å². The van der Waals surface area contributed by atoms with Gasteiger partial charge in [0.15, 0.2) is 0 Å². The molecule has 21 heavy (non-hydrogen) atoms. The van der Waals surface area contributed by atoms with Crippen molar-refractivity contribution in [2.75, 3.05) is 18.8 Å². The third-order valence-corrected chi connectivity index (χ3v) is 4.02. The summed E-state index contributed by atoms with van der Waals surface area (Å²) in [5, 5.41) is 0.580. The highest BCUT2D eigenvalue weighted by Gasteiger charge is 2.24. The predicted molar refractivity (Wildman–Crippen MR) is 86.6 cm³/mol. The molecule has 1 aliphatic rings. The van der Waals surface area contributed by atoms with Gasteiger partial charge in [0.2, 0.25) is 0 Å². The van der Waals surface area contributed by atoms with Crippen molar-refractivity contribution in [3.8, 4) is 5.75 Å². The SMILES string of the molecule is Nc1ccc(OC2CCN(Cc3ccccc3)C2)c(Cl)c1. The lowest BCUT2D eigenvalue weighted by atomic mass is 10.2. The average molecular weight is 303 g/mol. The van der Waals surface area contributed by atoms with E-state index in [9.17, 15) is 0 Å². The molecule has 1 heterocycles. The minimum Gasteiger partial charge on any atom is -0.487 e. The highest BCUT2D eigenvalue weighted by atomic mass is 35.5. The van der Waals surface area contributed by atoms with Gasteiger partial charge in [0.25, 0.3) is 0 Å². The van der Waals surface area contributed by atoms with Crippen LogP contribution >= 0.6 is 11.6 Å². The number of anilines is 1. The minimum absolute atomic E-state index is 0.190. The van der Waals surface area contributed by atoms with Crippen molar-refractivity contribution >= 4 is 17.3 Å². The van der Waals surface area contributed by atoms with Gasteiger partial charge in [0.05, 0.1) is 5.02 Å². The monoisotopic (exact) mass is 302 g/mol. The molecule has 1 aliphatic heterocycles. The number of nitrogens with two attached hydrogens (primary N) is 1. The molecule has 2 N–H and O–H groups in total. The van der Waals surface area contributed by atoms with Crippen LogP contribution in [-0.4, -0.2) is 24.1 Å². The Morgan fingerprint density at radius 1 is 1.19 bits per heavy atom. The van der Waals surface area contributed by atoms with Crippen LogP contribution in [0.4, 0.5) is 5.69 Å². The summed E-state index contributed by atoms with van der Waals surface area (Å²) in [5.74, 6) is 0.720. The molecule has 2 aromatic rings. The van der Waals surface area contributed by atoms with Crippen LogP contribution in [0.1, 0.15) is 12.0 Å². The first-order chi connectivity index (χ1) is 10.2. The predicted octanol–water partition coefficient (Wildman–Crippen LogP) is 3.58. The summed E-state index contributed by atoms with van der Waals surface area (Å²) in [6.45, 7) is 2.94. The van der Waals surface area contributed by atoms with Gasteiger partial charge in [-0.15, -0.1) is 0 Å². The van der Waals surface area contributed by atoms with Crippen molar-refractivity contribution in [2.45, 2.75) is 19.1 Å². The van der Waals surface area contributed by atoms with Gasteiger partial charge in [-0.05, 0) is 30.2 Å². The van der Waals surface area contributed by atoms with Crippen molar-refractivity contribution in [2.24, 2.45) is 0 Å². The third-order valence-electron chi connectivity index (χ3n) is 3.73. The Kier molecular flexibility index (Phi) is 4.32. The maximum atomic E-state index is 6.16. The zero-order chi connectivity index (χ0) is 14.7. The van der Waals surface area contributed by atoms with Crippen LogP contribution in [0.3, 0.4) is 0 Å². The lowest BCUT2D eigenvalue weighted by molar-refractivity contribution is 0.198. The summed E-state index contributed by atoms with van der Waals surface area (Å²) >= 11 is 6.16. The number of ether oxygens (including phenoxy) is 1. The maximum Gasteiger partial charge on any atom is 0.138 e. The summed E-state index contributed by atoms with van der Waals surface area (Å²) in [6, 6.07) is 15.9. The molecule has 3 rings (SSSR count). The van der Waals surface area contributed by atoms with Crippen molar-refractivity contribution in [1.29, 1.82) is 0 Å². The lowest BCUT2D eigenvalue weighted by Crippen LogP contribution is -2.24. The second-order valence-corrected chi connectivity index (χ2v) is 5.85. The molecule has 1 atom stereocenters. The Hall–Kier alpha value is -1.71. The van der Waals surface area contributed by atoms with Gasteiger partial charge in [-0.3, -0.25) is 4.90 Å². The van der Waals surface area contributed by atoms with E-state index in [2.05, 4.69) is 29.2 Å². The van der Waals surface area contributed by atoms with Crippen LogP contribution in [0.25, 0.3) is 0 Å². The minimum atomic E-state index is 0.190. The zero-order valence-corrected chi connectivity index (χ0v) is 12.6. The number of rotatable bonds is 4. The van der Waals surface area contributed by atoms with Crippen molar-refractivity contribution < 1.29 is 4.74 Å². The molecule has 0 radical (unpaired) electrons. The van der Waals surface area contributed by atoms with E-state index in [4.69, 9.17) is 22.1 Å². The van der Waals surface area contributed by atoms with Crippen molar-refractivity contribution in [3.63, 3.8) is 0 Å². The first kappa shape index (κ1) is 14.2. The Morgan fingerprint density at radius 3 is 2.76 bits per heavy atom. The summed E-state index contributed by atoms with van der Waals surface area (Å²) in [5.41, 5.74) is 7.69. The van der Waals surface area contributed by atoms with Crippen molar-refractivity contribution in [1.82, 2.24) is 4.90 Å². The summed E-state index contributed by atoms with van der Waals surface area (Å²) in [7, 11) is 0. The van der Waals surface area contributed by atoms with Gasteiger partial charge in [-0.1, -0.05) is 41.9 Å². The summed E-state index contributed by atoms with van der Waals surface area (Å²) in [4.78, 5) is 2.41. The van der Waals surface area contributed by atoms with Crippen LogP contribution in [0.2, 0.25) is 5.02 Å². The third kappa shape index (κ3) is 3.69. The fourth-order valence-electron chi connectivity index (χ4n) is 2.67. The van der Waals surface area contributed by atoms with Crippen LogP contribution < -0.4 is 10.5 Å².